The molecule has 2 aromatic heterocycles. The van der Waals surface area contributed by atoms with Gasteiger partial charge in [0, 0.05) is 42.8 Å². The van der Waals surface area contributed by atoms with Gasteiger partial charge in [-0.2, -0.15) is 0 Å². The lowest BCUT2D eigenvalue weighted by atomic mass is 10.1. The molecule has 1 saturated heterocycles. The average molecular weight is 424 g/mol. The number of hydrogen-bond acceptors (Lipinski definition) is 4. The van der Waals surface area contributed by atoms with E-state index in [0.717, 1.165) is 42.0 Å². The van der Waals surface area contributed by atoms with Gasteiger partial charge in [-0.05, 0) is 43.5 Å². The molecule has 160 valence electrons. The van der Waals surface area contributed by atoms with Crippen molar-refractivity contribution in [1.29, 1.82) is 0 Å². The van der Waals surface area contributed by atoms with Crippen LogP contribution in [0.15, 0.2) is 79.3 Å². The molecule has 6 heteroatoms. The van der Waals surface area contributed by atoms with Gasteiger partial charge in [0.15, 0.2) is 5.82 Å². The predicted octanol–water partition coefficient (Wildman–Crippen LogP) is 4.67. The third-order valence-electron chi connectivity index (χ3n) is 6.01. The second-order valence-electron chi connectivity index (χ2n) is 8.13. The number of aryl methyl sites for hydroxylation is 1. The van der Waals surface area contributed by atoms with Crippen LogP contribution >= 0.6 is 0 Å². The number of hydrogen-bond donors (Lipinski definition) is 0. The van der Waals surface area contributed by atoms with Gasteiger partial charge in [-0.3, -0.25) is 4.79 Å². The van der Waals surface area contributed by atoms with Crippen LogP contribution in [-0.2, 0) is 6.54 Å². The van der Waals surface area contributed by atoms with Crippen LogP contribution in [-0.4, -0.2) is 36.9 Å². The lowest BCUT2D eigenvalue weighted by Crippen LogP contribution is -2.31. The lowest BCUT2D eigenvalue weighted by molar-refractivity contribution is 0.0732. The third kappa shape index (κ3) is 4.04. The van der Waals surface area contributed by atoms with Crippen LogP contribution in [0, 0.1) is 6.92 Å². The fourth-order valence-corrected chi connectivity index (χ4v) is 4.34. The van der Waals surface area contributed by atoms with Gasteiger partial charge in [-0.1, -0.05) is 42.5 Å². The molecule has 32 heavy (non-hydrogen) atoms. The Labute approximate surface area is 187 Å². The van der Waals surface area contributed by atoms with Gasteiger partial charge in [-0.15, -0.1) is 0 Å². The monoisotopic (exact) mass is 423 g/mol. The zero-order chi connectivity index (χ0) is 21.9. The molecule has 4 aromatic rings. The van der Waals surface area contributed by atoms with Crippen LogP contribution in [0.4, 0.5) is 0 Å². The standard InChI is InChI=1S/C26H25N5O/c1-19-27-14-16-30(19)18-20-7-5-10-22(17-20)26(32)31-15-6-11-24(31)23-12-13-28-25(29-23)21-8-3-2-4-9-21/h2-5,7-10,12-14,16-17,24H,6,11,15,18H2,1H3/t24-/m0/s1. The number of amides is 1. The fourth-order valence-electron chi connectivity index (χ4n) is 4.34. The molecular formula is C26H25N5O. The molecule has 0 radical (unpaired) electrons. The summed E-state index contributed by atoms with van der Waals surface area (Å²) in [4.78, 5) is 29.0. The minimum Gasteiger partial charge on any atom is -0.331 e. The van der Waals surface area contributed by atoms with Gasteiger partial charge < -0.3 is 9.47 Å². The molecule has 1 aliphatic rings. The van der Waals surface area contributed by atoms with Crippen molar-refractivity contribution in [3.63, 3.8) is 0 Å². The van der Waals surface area contributed by atoms with Crippen LogP contribution in [0.3, 0.4) is 0 Å². The summed E-state index contributed by atoms with van der Waals surface area (Å²) < 4.78 is 2.08. The minimum atomic E-state index is -0.0347. The van der Waals surface area contributed by atoms with E-state index in [4.69, 9.17) is 4.98 Å². The second kappa shape index (κ2) is 8.75. The summed E-state index contributed by atoms with van der Waals surface area (Å²) in [5.41, 5.74) is 3.67. The van der Waals surface area contributed by atoms with Gasteiger partial charge in [0.2, 0.25) is 0 Å². The zero-order valence-electron chi connectivity index (χ0n) is 18.1. The van der Waals surface area contributed by atoms with E-state index in [9.17, 15) is 4.79 Å². The summed E-state index contributed by atoms with van der Waals surface area (Å²) in [6.45, 7) is 3.41. The molecule has 0 aliphatic carbocycles. The fraction of sp³-hybridized carbons (Fsp3) is 0.231. The first-order valence-corrected chi connectivity index (χ1v) is 10.9. The molecule has 6 nitrogen and oxygen atoms in total. The quantitative estimate of drug-likeness (QED) is 0.468. The van der Waals surface area contributed by atoms with E-state index in [-0.39, 0.29) is 11.9 Å². The molecule has 0 bridgehead atoms. The maximum Gasteiger partial charge on any atom is 0.254 e. The van der Waals surface area contributed by atoms with E-state index >= 15 is 0 Å². The lowest BCUT2D eigenvalue weighted by Gasteiger charge is -2.25. The Morgan fingerprint density at radius 3 is 2.72 bits per heavy atom. The number of rotatable bonds is 5. The molecule has 0 N–H and O–H groups in total. The molecule has 1 fully saturated rings. The molecule has 1 atom stereocenters. The summed E-state index contributed by atoms with van der Waals surface area (Å²) >= 11 is 0. The minimum absolute atomic E-state index is 0.0347. The molecule has 0 unspecified atom stereocenters. The van der Waals surface area contributed by atoms with Gasteiger partial charge >= 0.3 is 0 Å². The highest BCUT2D eigenvalue weighted by Gasteiger charge is 2.32. The van der Waals surface area contributed by atoms with E-state index in [2.05, 4.69) is 14.5 Å². The highest BCUT2D eigenvalue weighted by molar-refractivity contribution is 5.94. The number of carbonyl (C=O) groups excluding carboxylic acids is 1. The maximum atomic E-state index is 13.5. The molecule has 2 aromatic carbocycles. The Kier molecular flexibility index (Phi) is 5.50. The first-order valence-electron chi connectivity index (χ1n) is 10.9. The molecular weight excluding hydrogens is 398 g/mol. The van der Waals surface area contributed by atoms with Crippen LogP contribution in [0.2, 0.25) is 0 Å². The van der Waals surface area contributed by atoms with Crippen molar-refractivity contribution in [2.75, 3.05) is 6.54 Å². The van der Waals surface area contributed by atoms with Crippen LogP contribution < -0.4 is 0 Å². The normalized spacial score (nSPS) is 15.8. The molecule has 1 amide bonds. The zero-order valence-corrected chi connectivity index (χ0v) is 18.1. The Hall–Kier alpha value is -3.80. The number of benzene rings is 2. The van der Waals surface area contributed by atoms with E-state index in [0.29, 0.717) is 17.9 Å². The number of aromatic nitrogens is 4. The molecule has 0 spiro atoms. The predicted molar refractivity (Wildman–Crippen MR) is 123 cm³/mol. The Morgan fingerprint density at radius 1 is 1.03 bits per heavy atom. The van der Waals surface area contributed by atoms with Crippen molar-refractivity contribution in [2.24, 2.45) is 0 Å². The van der Waals surface area contributed by atoms with Crippen molar-refractivity contribution in [3.05, 3.63) is 102 Å². The van der Waals surface area contributed by atoms with E-state index < -0.39 is 0 Å². The summed E-state index contributed by atoms with van der Waals surface area (Å²) in [7, 11) is 0. The molecule has 0 saturated carbocycles. The van der Waals surface area contributed by atoms with E-state index in [1.54, 1.807) is 12.4 Å². The van der Waals surface area contributed by atoms with Gasteiger partial charge in [0.1, 0.15) is 5.82 Å². The summed E-state index contributed by atoms with van der Waals surface area (Å²) in [5.74, 6) is 1.70. The summed E-state index contributed by atoms with van der Waals surface area (Å²) in [5, 5.41) is 0. The highest BCUT2D eigenvalue weighted by Crippen LogP contribution is 2.33. The largest absolute Gasteiger partial charge is 0.331 e. The number of likely N-dealkylation sites (tertiary alicyclic amines) is 1. The number of carbonyl (C=O) groups is 1. The molecule has 3 heterocycles. The Bertz CT molecular complexity index is 1230. The van der Waals surface area contributed by atoms with E-state index in [1.165, 1.54) is 0 Å². The van der Waals surface area contributed by atoms with Crippen molar-refractivity contribution in [2.45, 2.75) is 32.4 Å². The van der Waals surface area contributed by atoms with Crippen LogP contribution in [0.25, 0.3) is 11.4 Å². The first kappa shape index (κ1) is 20.1. The number of imidazole rings is 1. The van der Waals surface area contributed by atoms with Crippen LogP contribution in [0.1, 0.15) is 46.3 Å². The van der Waals surface area contributed by atoms with Crippen molar-refractivity contribution in [1.82, 2.24) is 24.4 Å². The average Bonchev–Trinajstić information content (AvgIpc) is 3.49. The van der Waals surface area contributed by atoms with E-state index in [1.807, 2.05) is 78.7 Å². The third-order valence-corrected chi connectivity index (χ3v) is 6.01. The molecule has 1 aliphatic heterocycles. The topological polar surface area (TPSA) is 63.9 Å². The Morgan fingerprint density at radius 2 is 1.91 bits per heavy atom. The first-order chi connectivity index (χ1) is 15.7. The van der Waals surface area contributed by atoms with Gasteiger partial charge in [-0.25, -0.2) is 15.0 Å². The Balaban J connectivity index is 1.39. The van der Waals surface area contributed by atoms with Crippen LogP contribution in [0.5, 0.6) is 0 Å². The SMILES string of the molecule is Cc1nccn1Cc1cccc(C(=O)N2CCC[C@H]2c2ccnc(-c3ccccc3)n2)c1. The maximum absolute atomic E-state index is 13.5. The van der Waals surface area contributed by atoms with Crippen molar-refractivity contribution in [3.8, 4) is 11.4 Å². The van der Waals surface area contributed by atoms with Crippen molar-refractivity contribution < 1.29 is 4.79 Å². The van der Waals surface area contributed by atoms with Crippen molar-refractivity contribution >= 4 is 5.91 Å². The second-order valence-corrected chi connectivity index (χ2v) is 8.13. The van der Waals surface area contributed by atoms with Gasteiger partial charge in [0.05, 0.1) is 11.7 Å². The summed E-state index contributed by atoms with van der Waals surface area (Å²) in [6.07, 6.45) is 7.42. The highest BCUT2D eigenvalue weighted by atomic mass is 16.2. The molecule has 5 rings (SSSR count). The van der Waals surface area contributed by atoms with Gasteiger partial charge in [0.25, 0.3) is 5.91 Å². The smallest absolute Gasteiger partial charge is 0.254 e. The summed E-state index contributed by atoms with van der Waals surface area (Å²) in [6, 6.07) is 19.7. The number of nitrogens with zero attached hydrogens (tertiary/aromatic N) is 5.